The van der Waals surface area contributed by atoms with Crippen LogP contribution in [-0.2, 0) is 4.74 Å². The number of hydrogen-bond acceptors (Lipinski definition) is 1. The quantitative estimate of drug-likeness (QED) is 0.452. The zero-order valence-corrected chi connectivity index (χ0v) is 7.93. The van der Waals surface area contributed by atoms with Gasteiger partial charge in [0.1, 0.15) is 0 Å². The van der Waals surface area contributed by atoms with Crippen molar-refractivity contribution in [2.75, 3.05) is 6.61 Å². The molecule has 1 heteroatoms. The molecule has 1 unspecified atom stereocenters. The summed E-state index contributed by atoms with van der Waals surface area (Å²) in [6.07, 6.45) is 11.5. The van der Waals surface area contributed by atoms with Crippen molar-refractivity contribution in [1.29, 1.82) is 0 Å². The van der Waals surface area contributed by atoms with Gasteiger partial charge in [0, 0.05) is 6.61 Å². The minimum atomic E-state index is 0.573. The molecule has 0 aromatic heterocycles. The van der Waals surface area contributed by atoms with Gasteiger partial charge in [-0.15, -0.1) is 6.58 Å². The monoisotopic (exact) mass is 168 g/mol. The Morgan fingerprint density at radius 1 is 1.33 bits per heavy atom. The Labute approximate surface area is 75.8 Å². The Kier molecular flexibility index (Phi) is 5.09. The van der Waals surface area contributed by atoms with Gasteiger partial charge in [-0.25, -0.2) is 0 Å². The fourth-order valence-electron chi connectivity index (χ4n) is 1.70. The molecule has 0 aromatic rings. The molecule has 0 spiro atoms. The maximum absolute atomic E-state index is 5.63. The Balaban J connectivity index is 1.94. The van der Waals surface area contributed by atoms with Crippen LogP contribution in [0.25, 0.3) is 0 Å². The molecule has 1 atom stereocenters. The lowest BCUT2D eigenvalue weighted by molar-refractivity contribution is 0.00990. The lowest BCUT2D eigenvalue weighted by Crippen LogP contribution is -2.18. The molecular weight excluding hydrogens is 148 g/mol. The van der Waals surface area contributed by atoms with E-state index >= 15 is 0 Å². The van der Waals surface area contributed by atoms with E-state index in [2.05, 4.69) is 6.58 Å². The summed E-state index contributed by atoms with van der Waals surface area (Å²) >= 11 is 0. The van der Waals surface area contributed by atoms with Crippen molar-refractivity contribution in [3.05, 3.63) is 12.7 Å². The SMILES string of the molecule is C=CCCCCC1CCCCO1. The van der Waals surface area contributed by atoms with Crippen LogP contribution in [0.1, 0.15) is 44.9 Å². The molecule has 0 radical (unpaired) electrons. The van der Waals surface area contributed by atoms with E-state index in [1.165, 1.54) is 38.5 Å². The molecular formula is C11H20O. The van der Waals surface area contributed by atoms with Gasteiger partial charge in [-0.1, -0.05) is 12.5 Å². The van der Waals surface area contributed by atoms with E-state index in [4.69, 9.17) is 4.74 Å². The van der Waals surface area contributed by atoms with Crippen molar-refractivity contribution in [2.45, 2.75) is 51.0 Å². The van der Waals surface area contributed by atoms with E-state index in [1.807, 2.05) is 6.08 Å². The van der Waals surface area contributed by atoms with Crippen molar-refractivity contribution >= 4 is 0 Å². The molecule has 1 fully saturated rings. The van der Waals surface area contributed by atoms with Crippen molar-refractivity contribution in [2.24, 2.45) is 0 Å². The Morgan fingerprint density at radius 3 is 2.92 bits per heavy atom. The van der Waals surface area contributed by atoms with Crippen molar-refractivity contribution in [3.8, 4) is 0 Å². The Bertz CT molecular complexity index is 114. The first-order valence-corrected chi connectivity index (χ1v) is 5.16. The van der Waals surface area contributed by atoms with Gasteiger partial charge in [-0.2, -0.15) is 0 Å². The predicted molar refractivity (Wildman–Crippen MR) is 52.3 cm³/mol. The van der Waals surface area contributed by atoms with Gasteiger partial charge in [-0.3, -0.25) is 0 Å². The average Bonchev–Trinajstić information content (AvgIpc) is 2.14. The van der Waals surface area contributed by atoms with Gasteiger partial charge in [0.2, 0.25) is 0 Å². The summed E-state index contributed by atoms with van der Waals surface area (Å²) in [6.45, 7) is 4.71. The van der Waals surface area contributed by atoms with Crippen LogP contribution in [0.4, 0.5) is 0 Å². The zero-order valence-electron chi connectivity index (χ0n) is 7.93. The number of allylic oxidation sites excluding steroid dienone is 1. The fourth-order valence-corrected chi connectivity index (χ4v) is 1.70. The van der Waals surface area contributed by atoms with Crippen LogP contribution in [0.2, 0.25) is 0 Å². The lowest BCUT2D eigenvalue weighted by Gasteiger charge is -2.22. The minimum Gasteiger partial charge on any atom is -0.378 e. The largest absolute Gasteiger partial charge is 0.378 e. The van der Waals surface area contributed by atoms with E-state index in [-0.39, 0.29) is 0 Å². The molecule has 1 heterocycles. The first kappa shape index (κ1) is 9.79. The summed E-state index contributed by atoms with van der Waals surface area (Å²) in [5.74, 6) is 0. The molecule has 70 valence electrons. The standard InChI is InChI=1S/C11H20O/c1-2-3-4-5-8-11-9-6-7-10-12-11/h2,11H,1,3-10H2. The fraction of sp³-hybridized carbons (Fsp3) is 0.818. The second-order valence-electron chi connectivity index (χ2n) is 3.56. The Hall–Kier alpha value is -0.300. The van der Waals surface area contributed by atoms with Crippen molar-refractivity contribution in [1.82, 2.24) is 0 Å². The smallest absolute Gasteiger partial charge is 0.0575 e. The molecule has 0 aliphatic carbocycles. The highest BCUT2D eigenvalue weighted by molar-refractivity contribution is 4.68. The molecule has 0 saturated carbocycles. The van der Waals surface area contributed by atoms with Gasteiger partial charge in [0.05, 0.1) is 6.10 Å². The highest BCUT2D eigenvalue weighted by Gasteiger charge is 2.12. The second kappa shape index (κ2) is 6.24. The molecule has 1 aliphatic rings. The topological polar surface area (TPSA) is 9.23 Å². The summed E-state index contributed by atoms with van der Waals surface area (Å²) in [6, 6.07) is 0. The average molecular weight is 168 g/mol. The van der Waals surface area contributed by atoms with Gasteiger partial charge >= 0.3 is 0 Å². The molecule has 0 bridgehead atoms. The summed E-state index contributed by atoms with van der Waals surface area (Å²) < 4.78 is 5.63. The van der Waals surface area contributed by atoms with E-state index < -0.39 is 0 Å². The summed E-state index contributed by atoms with van der Waals surface area (Å²) in [4.78, 5) is 0. The van der Waals surface area contributed by atoms with E-state index in [0.717, 1.165) is 13.0 Å². The molecule has 12 heavy (non-hydrogen) atoms. The predicted octanol–water partition coefficient (Wildman–Crippen LogP) is 3.30. The first-order chi connectivity index (χ1) is 5.93. The van der Waals surface area contributed by atoms with Gasteiger partial charge in [0.15, 0.2) is 0 Å². The summed E-state index contributed by atoms with van der Waals surface area (Å²) in [5, 5.41) is 0. The normalized spacial score (nSPS) is 23.8. The number of hydrogen-bond donors (Lipinski definition) is 0. The van der Waals surface area contributed by atoms with Crippen molar-refractivity contribution < 1.29 is 4.74 Å². The van der Waals surface area contributed by atoms with E-state index in [9.17, 15) is 0 Å². The third-order valence-electron chi connectivity index (χ3n) is 2.46. The molecule has 1 saturated heterocycles. The van der Waals surface area contributed by atoms with E-state index in [0.29, 0.717) is 6.10 Å². The van der Waals surface area contributed by atoms with Crippen LogP contribution in [0.5, 0.6) is 0 Å². The van der Waals surface area contributed by atoms with Gasteiger partial charge in [-0.05, 0) is 38.5 Å². The Morgan fingerprint density at radius 2 is 2.25 bits per heavy atom. The van der Waals surface area contributed by atoms with E-state index in [1.54, 1.807) is 0 Å². The third kappa shape index (κ3) is 3.91. The minimum absolute atomic E-state index is 0.573. The van der Waals surface area contributed by atoms with Crippen LogP contribution in [0.15, 0.2) is 12.7 Å². The van der Waals surface area contributed by atoms with Gasteiger partial charge in [0.25, 0.3) is 0 Å². The lowest BCUT2D eigenvalue weighted by atomic mass is 10.0. The summed E-state index contributed by atoms with van der Waals surface area (Å²) in [7, 11) is 0. The second-order valence-corrected chi connectivity index (χ2v) is 3.56. The third-order valence-corrected chi connectivity index (χ3v) is 2.46. The molecule has 0 aromatic carbocycles. The number of rotatable bonds is 5. The van der Waals surface area contributed by atoms with Crippen LogP contribution in [0, 0.1) is 0 Å². The first-order valence-electron chi connectivity index (χ1n) is 5.16. The highest BCUT2D eigenvalue weighted by atomic mass is 16.5. The van der Waals surface area contributed by atoms with Gasteiger partial charge < -0.3 is 4.74 Å². The number of ether oxygens (including phenoxy) is 1. The number of unbranched alkanes of at least 4 members (excludes halogenated alkanes) is 2. The molecule has 1 aliphatic heterocycles. The molecule has 1 nitrogen and oxygen atoms in total. The zero-order chi connectivity index (χ0) is 8.65. The molecule has 0 N–H and O–H groups in total. The van der Waals surface area contributed by atoms with Crippen LogP contribution < -0.4 is 0 Å². The van der Waals surface area contributed by atoms with Crippen LogP contribution in [-0.4, -0.2) is 12.7 Å². The summed E-state index contributed by atoms with van der Waals surface area (Å²) in [5.41, 5.74) is 0. The van der Waals surface area contributed by atoms with Crippen molar-refractivity contribution in [3.63, 3.8) is 0 Å². The highest BCUT2D eigenvalue weighted by Crippen LogP contribution is 2.17. The maximum atomic E-state index is 5.63. The molecule has 1 rings (SSSR count). The van der Waals surface area contributed by atoms with Crippen LogP contribution in [0.3, 0.4) is 0 Å². The van der Waals surface area contributed by atoms with Crippen LogP contribution >= 0.6 is 0 Å². The maximum Gasteiger partial charge on any atom is 0.0575 e. The molecule has 0 amide bonds.